The molecule has 3 rings (SSSR count). The number of unbranched alkanes of at least 4 members (excludes halogenated alkanes) is 1. The minimum atomic E-state index is -0.347. The molecule has 0 bridgehead atoms. The van der Waals surface area contributed by atoms with E-state index in [4.69, 9.17) is 0 Å². The van der Waals surface area contributed by atoms with Crippen LogP contribution < -0.4 is 29.0 Å². The standard InChI is InChI=1S/C21H29N5O2.ClH/c1-15-7-9-17(10-8-15)13-16(2)22-11-5-6-12-26-14-23-19-18(26)20(27)25(4)21(28)24(19)3;/h7-10,14,16,22H,5-6,11-13H2,1-4H3;1H. The van der Waals surface area contributed by atoms with Crippen LogP contribution in [-0.4, -0.2) is 31.3 Å². The van der Waals surface area contributed by atoms with Crippen LogP contribution in [-0.2, 0) is 27.1 Å². The zero-order chi connectivity index (χ0) is 20.3. The fraction of sp³-hybridized carbons (Fsp3) is 0.476. The van der Waals surface area contributed by atoms with Crippen LogP contribution in [0.4, 0.5) is 0 Å². The van der Waals surface area contributed by atoms with Gasteiger partial charge in [-0.1, -0.05) is 29.8 Å². The lowest BCUT2D eigenvalue weighted by Gasteiger charge is -2.11. The van der Waals surface area contributed by atoms with Gasteiger partial charge in [-0.15, -0.1) is 0 Å². The predicted molar refractivity (Wildman–Crippen MR) is 111 cm³/mol. The Morgan fingerprint density at radius 1 is 1.07 bits per heavy atom. The van der Waals surface area contributed by atoms with E-state index in [2.05, 4.69) is 48.4 Å². The van der Waals surface area contributed by atoms with E-state index in [9.17, 15) is 9.59 Å². The molecule has 1 aromatic carbocycles. The minimum absolute atomic E-state index is 0. The number of hydrogen-bond donors (Lipinski definition) is 1. The van der Waals surface area contributed by atoms with Gasteiger partial charge in [-0.2, -0.15) is 0 Å². The first-order valence-corrected chi connectivity index (χ1v) is 9.88. The lowest BCUT2D eigenvalue weighted by atomic mass is 10.1. The predicted octanol–water partition coefficient (Wildman–Crippen LogP) is -2.28. The summed E-state index contributed by atoms with van der Waals surface area (Å²) >= 11 is 0. The molecule has 0 spiro atoms. The van der Waals surface area contributed by atoms with E-state index in [1.54, 1.807) is 13.4 Å². The maximum Gasteiger partial charge on any atom is 0.332 e. The molecular formula is C21H30ClN5O2. The number of imidazole rings is 1. The van der Waals surface area contributed by atoms with Gasteiger partial charge in [-0.25, -0.2) is 9.78 Å². The summed E-state index contributed by atoms with van der Waals surface area (Å²) in [5, 5.41) is 2.38. The van der Waals surface area contributed by atoms with Crippen molar-refractivity contribution in [3.63, 3.8) is 0 Å². The summed E-state index contributed by atoms with van der Waals surface area (Å²) in [7, 11) is 3.15. The average molecular weight is 420 g/mol. The summed E-state index contributed by atoms with van der Waals surface area (Å²) in [4.78, 5) is 28.7. The molecule has 2 heterocycles. The quantitative estimate of drug-likeness (QED) is 0.418. The Morgan fingerprint density at radius 3 is 2.45 bits per heavy atom. The smallest absolute Gasteiger partial charge is 0.332 e. The molecule has 0 aliphatic carbocycles. The van der Waals surface area contributed by atoms with Crippen molar-refractivity contribution in [1.82, 2.24) is 18.7 Å². The molecule has 0 saturated heterocycles. The summed E-state index contributed by atoms with van der Waals surface area (Å²) in [6, 6.07) is 9.28. The molecule has 0 radical (unpaired) electrons. The van der Waals surface area contributed by atoms with E-state index in [1.165, 1.54) is 22.7 Å². The monoisotopic (exact) mass is 419 g/mol. The van der Waals surface area contributed by atoms with E-state index >= 15 is 0 Å². The van der Waals surface area contributed by atoms with Crippen molar-refractivity contribution in [3.8, 4) is 0 Å². The van der Waals surface area contributed by atoms with Gasteiger partial charge in [0.15, 0.2) is 11.2 Å². The number of nitrogens with two attached hydrogens (primary N) is 1. The van der Waals surface area contributed by atoms with Crippen LogP contribution in [0.5, 0.6) is 0 Å². The Morgan fingerprint density at radius 2 is 1.76 bits per heavy atom. The van der Waals surface area contributed by atoms with Crippen LogP contribution in [0.1, 0.15) is 30.9 Å². The van der Waals surface area contributed by atoms with Crippen LogP contribution in [0.15, 0.2) is 40.2 Å². The van der Waals surface area contributed by atoms with E-state index < -0.39 is 0 Å². The highest BCUT2D eigenvalue weighted by Crippen LogP contribution is 2.07. The molecule has 2 aromatic heterocycles. The fourth-order valence-corrected chi connectivity index (χ4v) is 3.57. The molecule has 0 saturated carbocycles. The molecule has 0 fully saturated rings. The second kappa shape index (κ2) is 9.89. The van der Waals surface area contributed by atoms with Gasteiger partial charge in [-0.3, -0.25) is 13.9 Å². The number of rotatable bonds is 8. The van der Waals surface area contributed by atoms with Crippen molar-refractivity contribution >= 4 is 11.2 Å². The Bertz CT molecular complexity index is 1070. The van der Waals surface area contributed by atoms with E-state index in [-0.39, 0.29) is 23.7 Å². The molecule has 1 unspecified atom stereocenters. The lowest BCUT2D eigenvalue weighted by Crippen LogP contribution is -3.00. The molecule has 0 aliphatic heterocycles. The number of quaternary nitrogens is 1. The van der Waals surface area contributed by atoms with Gasteiger partial charge in [0.2, 0.25) is 0 Å². The number of hydrogen-bond acceptors (Lipinski definition) is 3. The van der Waals surface area contributed by atoms with Gasteiger partial charge in [0.1, 0.15) is 0 Å². The Labute approximate surface area is 176 Å². The molecule has 1 atom stereocenters. The van der Waals surface area contributed by atoms with Gasteiger partial charge in [0, 0.05) is 27.1 Å². The maximum atomic E-state index is 12.4. The zero-order valence-corrected chi connectivity index (χ0v) is 18.3. The first-order chi connectivity index (χ1) is 13.4. The third-order valence-corrected chi connectivity index (χ3v) is 5.32. The Balaban J connectivity index is 0.00000300. The van der Waals surface area contributed by atoms with E-state index in [0.717, 1.165) is 36.9 Å². The molecule has 8 heteroatoms. The van der Waals surface area contributed by atoms with Crippen LogP contribution >= 0.6 is 0 Å². The van der Waals surface area contributed by atoms with Crippen LogP contribution in [0, 0.1) is 6.92 Å². The zero-order valence-electron chi connectivity index (χ0n) is 17.6. The normalized spacial score (nSPS) is 12.1. The van der Waals surface area contributed by atoms with E-state index in [0.29, 0.717) is 17.2 Å². The molecule has 158 valence electrons. The first kappa shape index (κ1) is 22.9. The Hall–Kier alpha value is -2.38. The molecule has 2 N–H and O–H groups in total. The first-order valence-electron chi connectivity index (χ1n) is 9.88. The van der Waals surface area contributed by atoms with Crippen LogP contribution in [0.3, 0.4) is 0 Å². The maximum absolute atomic E-state index is 12.4. The van der Waals surface area contributed by atoms with E-state index in [1.807, 2.05) is 4.57 Å². The van der Waals surface area contributed by atoms with Gasteiger partial charge < -0.3 is 22.3 Å². The Kier molecular flexibility index (Phi) is 7.81. The number of aryl methyl sites for hydroxylation is 3. The summed E-state index contributed by atoms with van der Waals surface area (Å²) in [6.07, 6.45) is 4.75. The molecule has 0 aliphatic rings. The highest BCUT2D eigenvalue weighted by atomic mass is 35.5. The molecule has 3 aromatic rings. The molecule has 29 heavy (non-hydrogen) atoms. The van der Waals surface area contributed by atoms with Crippen molar-refractivity contribution in [2.45, 2.75) is 45.7 Å². The van der Waals surface area contributed by atoms with Gasteiger partial charge in [0.05, 0.1) is 18.9 Å². The van der Waals surface area contributed by atoms with Gasteiger partial charge in [-0.05, 0) is 32.3 Å². The number of halogens is 1. The second-order valence-corrected chi connectivity index (χ2v) is 7.71. The molecule has 7 nitrogen and oxygen atoms in total. The summed E-state index contributed by atoms with van der Waals surface area (Å²) < 4.78 is 4.43. The topological polar surface area (TPSA) is 78.4 Å². The molecule has 0 amide bonds. The van der Waals surface area contributed by atoms with Crippen molar-refractivity contribution in [3.05, 3.63) is 62.6 Å². The number of nitrogens with zero attached hydrogens (tertiary/aromatic N) is 4. The van der Waals surface area contributed by atoms with Gasteiger partial charge >= 0.3 is 5.69 Å². The molecular weight excluding hydrogens is 390 g/mol. The van der Waals surface area contributed by atoms with Crippen molar-refractivity contribution in [1.29, 1.82) is 0 Å². The van der Waals surface area contributed by atoms with Crippen molar-refractivity contribution in [2.24, 2.45) is 14.1 Å². The largest absolute Gasteiger partial charge is 1.00 e. The second-order valence-electron chi connectivity index (χ2n) is 7.71. The fourth-order valence-electron chi connectivity index (χ4n) is 3.57. The summed E-state index contributed by atoms with van der Waals surface area (Å²) in [6.45, 7) is 6.14. The van der Waals surface area contributed by atoms with Crippen LogP contribution in [0.25, 0.3) is 11.2 Å². The van der Waals surface area contributed by atoms with Crippen molar-refractivity contribution in [2.75, 3.05) is 6.54 Å². The van der Waals surface area contributed by atoms with Crippen molar-refractivity contribution < 1.29 is 17.7 Å². The average Bonchev–Trinajstić information content (AvgIpc) is 3.10. The SMILES string of the molecule is Cc1ccc(CC(C)[NH2+]CCCCn2cnc3c2c(=O)n(C)c(=O)n3C)cc1.[Cl-]. The highest BCUT2D eigenvalue weighted by molar-refractivity contribution is 5.69. The van der Waals surface area contributed by atoms with Crippen LogP contribution in [0.2, 0.25) is 0 Å². The number of aromatic nitrogens is 4. The minimum Gasteiger partial charge on any atom is -1.00 e. The third kappa shape index (κ3) is 5.16. The van der Waals surface area contributed by atoms with Gasteiger partial charge in [0.25, 0.3) is 5.56 Å². The number of fused-ring (bicyclic) bond motifs is 1. The summed E-state index contributed by atoms with van der Waals surface area (Å²) in [5.74, 6) is 0. The third-order valence-electron chi connectivity index (χ3n) is 5.32. The summed E-state index contributed by atoms with van der Waals surface area (Å²) in [5.41, 5.74) is 2.99. The number of benzene rings is 1. The highest BCUT2D eigenvalue weighted by Gasteiger charge is 2.14. The lowest BCUT2D eigenvalue weighted by molar-refractivity contribution is -0.686.